The summed E-state index contributed by atoms with van der Waals surface area (Å²) in [6, 6.07) is 0. The molecular formula is C24H27N5O2S2. The standard InChI is InChI=1S/C24H27N5O2S2/c1-4-6-8-15(5-2)13-29-21(16-11-12-16)27-28-24(29)32-14(3)22(31)26-23-19(20(25)30)17-9-7-10-18(17)33-23/h1,5-6,8,14,16H,7,9-13H2,2-3H3,(H2,25,30)(H,26,31)/b8-6-,15-5+. The molecule has 7 nitrogen and oxygen atoms in total. The molecule has 2 aromatic heterocycles. The van der Waals surface area contributed by atoms with Crippen LogP contribution < -0.4 is 11.1 Å². The molecule has 172 valence electrons. The van der Waals surface area contributed by atoms with Crippen molar-refractivity contribution < 1.29 is 9.59 Å². The van der Waals surface area contributed by atoms with E-state index >= 15 is 0 Å². The van der Waals surface area contributed by atoms with Crippen LogP contribution in [0.25, 0.3) is 0 Å². The lowest BCUT2D eigenvalue weighted by molar-refractivity contribution is -0.115. The molecule has 2 aromatic rings. The molecule has 2 aliphatic carbocycles. The number of allylic oxidation sites excluding steroid dienone is 4. The van der Waals surface area contributed by atoms with Crippen molar-refractivity contribution in [2.75, 3.05) is 5.32 Å². The molecule has 1 fully saturated rings. The zero-order chi connectivity index (χ0) is 23.5. The number of nitrogens with two attached hydrogens (primary N) is 1. The molecular weight excluding hydrogens is 454 g/mol. The number of rotatable bonds is 9. The van der Waals surface area contributed by atoms with Gasteiger partial charge in [0, 0.05) is 10.8 Å². The molecule has 0 radical (unpaired) electrons. The fourth-order valence-corrected chi connectivity index (χ4v) is 6.09. The quantitative estimate of drug-likeness (QED) is 0.319. The highest BCUT2D eigenvalue weighted by Crippen LogP contribution is 2.41. The number of thiophene rings is 1. The maximum absolute atomic E-state index is 13.0. The molecule has 33 heavy (non-hydrogen) atoms. The van der Waals surface area contributed by atoms with Gasteiger partial charge in [0.25, 0.3) is 5.91 Å². The number of hydrogen-bond acceptors (Lipinski definition) is 6. The maximum atomic E-state index is 13.0. The Labute approximate surface area is 201 Å². The molecule has 1 saturated carbocycles. The zero-order valence-electron chi connectivity index (χ0n) is 18.8. The van der Waals surface area contributed by atoms with Crippen molar-refractivity contribution in [2.45, 2.75) is 68.8 Å². The van der Waals surface area contributed by atoms with Crippen LogP contribution in [0.1, 0.15) is 65.7 Å². The van der Waals surface area contributed by atoms with E-state index in [1.54, 1.807) is 6.08 Å². The van der Waals surface area contributed by atoms with Gasteiger partial charge in [-0.2, -0.15) is 0 Å². The van der Waals surface area contributed by atoms with E-state index in [1.165, 1.54) is 23.1 Å². The zero-order valence-corrected chi connectivity index (χ0v) is 20.4. The largest absolute Gasteiger partial charge is 0.365 e. The maximum Gasteiger partial charge on any atom is 0.251 e. The number of nitrogens with one attached hydrogen (secondary N) is 1. The Morgan fingerprint density at radius 1 is 1.39 bits per heavy atom. The number of carbonyl (C=O) groups is 2. The molecule has 3 N–H and O–H groups in total. The summed E-state index contributed by atoms with van der Waals surface area (Å²) >= 11 is 2.82. The minimum absolute atomic E-state index is 0.191. The molecule has 0 aromatic carbocycles. The first-order valence-electron chi connectivity index (χ1n) is 11.1. The van der Waals surface area contributed by atoms with Crippen LogP contribution in [0.15, 0.2) is 29.0 Å². The van der Waals surface area contributed by atoms with E-state index in [9.17, 15) is 9.59 Å². The summed E-state index contributed by atoms with van der Waals surface area (Å²) in [5, 5.41) is 12.6. The number of fused-ring (bicyclic) bond motifs is 1. The van der Waals surface area contributed by atoms with E-state index in [2.05, 4.69) is 26.0 Å². The second kappa shape index (κ2) is 9.98. The number of nitrogens with zero attached hydrogens (tertiary/aromatic N) is 3. The summed E-state index contributed by atoms with van der Waals surface area (Å²) < 4.78 is 2.08. The summed E-state index contributed by atoms with van der Waals surface area (Å²) in [4.78, 5) is 26.2. The van der Waals surface area contributed by atoms with Crippen molar-refractivity contribution in [2.24, 2.45) is 5.73 Å². The second-order valence-electron chi connectivity index (χ2n) is 8.24. The highest BCUT2D eigenvalue weighted by atomic mass is 32.2. The van der Waals surface area contributed by atoms with E-state index in [-0.39, 0.29) is 5.91 Å². The predicted molar refractivity (Wildman–Crippen MR) is 133 cm³/mol. The van der Waals surface area contributed by atoms with E-state index in [0.717, 1.165) is 53.9 Å². The summed E-state index contributed by atoms with van der Waals surface area (Å²) in [6.07, 6.45) is 15.9. The van der Waals surface area contributed by atoms with Gasteiger partial charge in [0.15, 0.2) is 5.16 Å². The van der Waals surface area contributed by atoms with Gasteiger partial charge in [0.05, 0.1) is 17.4 Å². The van der Waals surface area contributed by atoms with Crippen LogP contribution in [-0.4, -0.2) is 31.8 Å². The van der Waals surface area contributed by atoms with Gasteiger partial charge < -0.3 is 15.6 Å². The van der Waals surface area contributed by atoms with Gasteiger partial charge in [-0.25, -0.2) is 0 Å². The van der Waals surface area contributed by atoms with Crippen LogP contribution in [0, 0.1) is 12.3 Å². The number of aromatic nitrogens is 3. The van der Waals surface area contributed by atoms with Crippen molar-refractivity contribution in [3.63, 3.8) is 0 Å². The smallest absolute Gasteiger partial charge is 0.251 e. The van der Waals surface area contributed by atoms with E-state index in [4.69, 9.17) is 12.2 Å². The van der Waals surface area contributed by atoms with Crippen molar-refractivity contribution in [3.05, 3.63) is 45.6 Å². The molecule has 1 atom stereocenters. The molecule has 2 heterocycles. The van der Waals surface area contributed by atoms with Crippen LogP contribution in [0.2, 0.25) is 0 Å². The van der Waals surface area contributed by atoms with Gasteiger partial charge in [-0.1, -0.05) is 23.8 Å². The molecule has 1 unspecified atom stereocenters. The Kier molecular flexibility index (Phi) is 7.05. The number of carbonyl (C=O) groups excluding carboxylic acids is 2. The number of hydrogen-bond donors (Lipinski definition) is 2. The number of anilines is 1. The summed E-state index contributed by atoms with van der Waals surface area (Å²) in [5.74, 6) is 3.20. The van der Waals surface area contributed by atoms with E-state index in [0.29, 0.717) is 28.2 Å². The Morgan fingerprint density at radius 3 is 2.85 bits per heavy atom. The number of amides is 2. The summed E-state index contributed by atoms with van der Waals surface area (Å²) in [7, 11) is 0. The molecule has 0 bridgehead atoms. The minimum atomic E-state index is -0.488. The third kappa shape index (κ3) is 5.07. The molecule has 0 spiro atoms. The highest BCUT2D eigenvalue weighted by Gasteiger charge is 2.32. The molecule has 0 aliphatic heterocycles. The van der Waals surface area contributed by atoms with Crippen LogP contribution >= 0.6 is 23.1 Å². The first kappa shape index (κ1) is 23.3. The fourth-order valence-electron chi connectivity index (χ4n) is 3.94. The monoisotopic (exact) mass is 481 g/mol. The Bertz CT molecular complexity index is 1180. The average molecular weight is 482 g/mol. The first-order valence-corrected chi connectivity index (χ1v) is 12.7. The van der Waals surface area contributed by atoms with Gasteiger partial charge in [0.1, 0.15) is 10.8 Å². The summed E-state index contributed by atoms with van der Waals surface area (Å²) in [5.41, 5.74) is 8.14. The normalized spacial score (nSPS) is 16.6. The summed E-state index contributed by atoms with van der Waals surface area (Å²) in [6.45, 7) is 4.39. The van der Waals surface area contributed by atoms with Crippen molar-refractivity contribution in [1.29, 1.82) is 0 Å². The van der Waals surface area contributed by atoms with Crippen LogP contribution in [0.4, 0.5) is 5.00 Å². The van der Waals surface area contributed by atoms with Gasteiger partial charge in [-0.3, -0.25) is 9.59 Å². The lowest BCUT2D eigenvalue weighted by Crippen LogP contribution is -2.24. The van der Waals surface area contributed by atoms with Crippen LogP contribution in [-0.2, 0) is 24.2 Å². The predicted octanol–water partition coefficient (Wildman–Crippen LogP) is 4.06. The number of aryl methyl sites for hydroxylation is 1. The van der Waals surface area contributed by atoms with E-state index < -0.39 is 11.2 Å². The van der Waals surface area contributed by atoms with Gasteiger partial charge in [-0.15, -0.1) is 28.0 Å². The SMILES string of the molecule is C#C/C=C\C(=C/C)Cn1c(SC(C)C(=O)Nc2sc3c(c2C(N)=O)CCC3)nnc1C1CC1. The second-order valence-corrected chi connectivity index (χ2v) is 10.7. The molecule has 4 rings (SSSR count). The molecule has 9 heteroatoms. The van der Waals surface area contributed by atoms with Gasteiger partial charge in [-0.05, 0) is 69.2 Å². The van der Waals surface area contributed by atoms with Gasteiger partial charge in [0.2, 0.25) is 5.91 Å². The van der Waals surface area contributed by atoms with Crippen LogP contribution in [0.5, 0.6) is 0 Å². The van der Waals surface area contributed by atoms with E-state index in [1.807, 2.05) is 26.0 Å². The third-order valence-electron chi connectivity index (χ3n) is 5.85. The van der Waals surface area contributed by atoms with Crippen molar-refractivity contribution >= 4 is 39.9 Å². The molecule has 2 amide bonds. The fraction of sp³-hybridized carbons (Fsp3) is 0.417. The van der Waals surface area contributed by atoms with Gasteiger partial charge >= 0.3 is 0 Å². The number of primary amides is 1. The Balaban J connectivity index is 1.51. The lowest BCUT2D eigenvalue weighted by atomic mass is 10.1. The number of thioether (sulfide) groups is 1. The topological polar surface area (TPSA) is 103 Å². The first-order chi connectivity index (χ1) is 15.9. The third-order valence-corrected chi connectivity index (χ3v) is 8.14. The molecule has 0 saturated heterocycles. The lowest BCUT2D eigenvalue weighted by Gasteiger charge is -2.14. The Hall–Kier alpha value is -2.83. The van der Waals surface area contributed by atoms with Crippen LogP contribution in [0.3, 0.4) is 0 Å². The number of terminal acetylenes is 1. The van der Waals surface area contributed by atoms with Crippen molar-refractivity contribution in [3.8, 4) is 12.3 Å². The highest BCUT2D eigenvalue weighted by molar-refractivity contribution is 8.00. The van der Waals surface area contributed by atoms with Crippen molar-refractivity contribution in [1.82, 2.24) is 14.8 Å². The minimum Gasteiger partial charge on any atom is -0.365 e. The average Bonchev–Trinajstić information content (AvgIpc) is 3.25. The molecule has 2 aliphatic rings. The Morgan fingerprint density at radius 2 is 2.18 bits per heavy atom.